The fourth-order valence-corrected chi connectivity index (χ4v) is 1.99. The van der Waals surface area contributed by atoms with Gasteiger partial charge < -0.3 is 5.11 Å². The highest BCUT2D eigenvalue weighted by Gasteiger charge is 2.69. The highest BCUT2D eigenvalue weighted by atomic mass is 19.4. The molecule has 0 heterocycles. The SMILES string of the molecule is BC(B)(CCO)C1(C(F)(F)F)CC1. The van der Waals surface area contributed by atoms with Gasteiger partial charge in [0.05, 0.1) is 5.41 Å². The third-order valence-electron chi connectivity index (χ3n) is 3.32. The van der Waals surface area contributed by atoms with Crippen LogP contribution in [0.1, 0.15) is 19.3 Å². The molecule has 74 valence electrons. The van der Waals surface area contributed by atoms with Gasteiger partial charge in [0.2, 0.25) is 0 Å². The van der Waals surface area contributed by atoms with Crippen LogP contribution in [-0.2, 0) is 0 Å². The Morgan fingerprint density at radius 2 is 1.69 bits per heavy atom. The van der Waals surface area contributed by atoms with Crippen molar-refractivity contribution in [3.8, 4) is 0 Å². The number of hydrogen-bond donors (Lipinski definition) is 1. The number of halogens is 3. The second-order valence-corrected chi connectivity index (χ2v) is 4.44. The summed E-state index contributed by atoms with van der Waals surface area (Å²) in [6.45, 7) is -0.176. The molecule has 1 N–H and O–H groups in total. The van der Waals surface area contributed by atoms with Crippen LogP contribution >= 0.6 is 0 Å². The zero-order chi connectivity index (χ0) is 10.3. The third kappa shape index (κ3) is 1.60. The molecule has 13 heavy (non-hydrogen) atoms. The van der Waals surface area contributed by atoms with Gasteiger partial charge in [-0.1, -0.05) is 5.21 Å². The van der Waals surface area contributed by atoms with Crippen LogP contribution in [0.2, 0.25) is 5.21 Å². The van der Waals surface area contributed by atoms with Crippen molar-refractivity contribution in [2.75, 3.05) is 6.61 Å². The normalized spacial score (nSPS) is 21.5. The fraction of sp³-hybridized carbons (Fsp3) is 1.00. The minimum absolute atomic E-state index is 0.176. The minimum Gasteiger partial charge on any atom is -0.396 e. The van der Waals surface area contributed by atoms with Crippen molar-refractivity contribution in [3.63, 3.8) is 0 Å². The summed E-state index contributed by atoms with van der Waals surface area (Å²) in [5, 5.41) is 7.86. The average Bonchev–Trinajstić information content (AvgIpc) is 2.61. The topological polar surface area (TPSA) is 20.2 Å². The Labute approximate surface area is 77.5 Å². The fourth-order valence-electron chi connectivity index (χ4n) is 1.99. The molecule has 0 atom stereocenters. The molecule has 0 aromatic rings. The third-order valence-corrected chi connectivity index (χ3v) is 3.32. The second kappa shape index (κ2) is 2.94. The summed E-state index contributed by atoms with van der Waals surface area (Å²) in [5.74, 6) is 0. The quantitative estimate of drug-likeness (QED) is 0.628. The summed E-state index contributed by atoms with van der Waals surface area (Å²) in [7, 11) is 3.17. The van der Waals surface area contributed by atoms with Crippen molar-refractivity contribution in [3.05, 3.63) is 0 Å². The largest absolute Gasteiger partial charge is 0.396 e. The van der Waals surface area contributed by atoms with Gasteiger partial charge in [-0.05, 0) is 19.3 Å². The van der Waals surface area contributed by atoms with Crippen molar-refractivity contribution in [2.24, 2.45) is 5.41 Å². The van der Waals surface area contributed by atoms with E-state index in [1.807, 2.05) is 0 Å². The van der Waals surface area contributed by atoms with Crippen molar-refractivity contribution in [1.29, 1.82) is 0 Å². The smallest absolute Gasteiger partial charge is 0.393 e. The van der Waals surface area contributed by atoms with Gasteiger partial charge in [0.15, 0.2) is 0 Å². The number of aliphatic hydroxyl groups is 1. The van der Waals surface area contributed by atoms with Gasteiger partial charge in [-0.15, -0.1) is 0 Å². The Hall–Kier alpha value is -0.120. The molecule has 1 aliphatic rings. The van der Waals surface area contributed by atoms with E-state index in [1.54, 1.807) is 15.7 Å². The molecule has 0 aromatic carbocycles. The Bertz CT molecular complexity index is 198. The molecule has 1 aliphatic carbocycles. The van der Waals surface area contributed by atoms with Crippen LogP contribution in [0.4, 0.5) is 13.2 Å². The molecule has 0 bridgehead atoms. The van der Waals surface area contributed by atoms with Crippen LogP contribution in [0, 0.1) is 5.41 Å². The predicted molar refractivity (Wildman–Crippen MR) is 49.2 cm³/mol. The minimum atomic E-state index is -4.12. The maximum atomic E-state index is 12.6. The average molecular weight is 192 g/mol. The first-order valence-electron chi connectivity index (χ1n) is 4.44. The van der Waals surface area contributed by atoms with Gasteiger partial charge in [-0.25, -0.2) is 0 Å². The summed E-state index contributed by atoms with van der Waals surface area (Å²) in [6, 6.07) is 0. The van der Waals surface area contributed by atoms with E-state index in [1.165, 1.54) is 0 Å². The first kappa shape index (κ1) is 11.0. The number of hydrogen-bond acceptors (Lipinski definition) is 1. The molecule has 0 aromatic heterocycles. The van der Waals surface area contributed by atoms with Crippen LogP contribution in [0.25, 0.3) is 0 Å². The molecule has 0 unspecified atom stereocenters. The molecular formula is C7H13B2F3O. The number of rotatable bonds is 3. The summed E-state index contributed by atoms with van der Waals surface area (Å²) in [6.07, 6.45) is -3.48. The molecule has 1 rings (SSSR count). The van der Waals surface area contributed by atoms with Crippen molar-refractivity contribution < 1.29 is 18.3 Å². The van der Waals surface area contributed by atoms with Gasteiger partial charge in [0.1, 0.15) is 15.7 Å². The molecule has 6 heteroatoms. The molecule has 1 fully saturated rings. The standard InChI is InChI=1S/C7H13B2F3O/c8-6(9,3-4-13)5(1-2-5)7(10,11)12/h13H,1-4,8-9H2. The lowest BCUT2D eigenvalue weighted by Crippen LogP contribution is -2.38. The predicted octanol–water partition coefficient (Wildman–Crippen LogP) is 0.0937. The Morgan fingerprint density at radius 1 is 1.23 bits per heavy atom. The van der Waals surface area contributed by atoms with Crippen LogP contribution in [0.5, 0.6) is 0 Å². The highest BCUT2D eigenvalue weighted by Crippen LogP contribution is 2.69. The molecule has 0 spiro atoms. The van der Waals surface area contributed by atoms with Gasteiger partial charge in [0, 0.05) is 6.61 Å². The lowest BCUT2D eigenvalue weighted by atomic mass is 9.45. The van der Waals surface area contributed by atoms with Crippen molar-refractivity contribution >= 4 is 15.7 Å². The van der Waals surface area contributed by atoms with Gasteiger partial charge in [-0.2, -0.15) is 13.2 Å². The van der Waals surface area contributed by atoms with Gasteiger partial charge in [0.25, 0.3) is 0 Å². The lowest BCUT2D eigenvalue weighted by Gasteiger charge is -2.36. The molecule has 0 saturated heterocycles. The van der Waals surface area contributed by atoms with Crippen LogP contribution in [0.15, 0.2) is 0 Å². The zero-order valence-electron chi connectivity index (χ0n) is 7.91. The van der Waals surface area contributed by atoms with E-state index in [2.05, 4.69) is 0 Å². The molecule has 0 radical (unpaired) electrons. The Balaban J connectivity index is 2.81. The first-order chi connectivity index (χ1) is 5.77. The maximum absolute atomic E-state index is 12.6. The summed E-state index contributed by atoms with van der Waals surface area (Å²) in [4.78, 5) is 0. The number of alkyl halides is 3. The zero-order valence-corrected chi connectivity index (χ0v) is 7.91. The van der Waals surface area contributed by atoms with Gasteiger partial charge >= 0.3 is 6.18 Å². The van der Waals surface area contributed by atoms with Crippen LogP contribution in [0.3, 0.4) is 0 Å². The lowest BCUT2D eigenvalue weighted by molar-refractivity contribution is -0.193. The van der Waals surface area contributed by atoms with E-state index in [-0.39, 0.29) is 25.9 Å². The summed E-state index contributed by atoms with van der Waals surface area (Å²) in [5.41, 5.74) is -1.53. The van der Waals surface area contributed by atoms with E-state index in [4.69, 9.17) is 5.11 Å². The van der Waals surface area contributed by atoms with E-state index in [0.29, 0.717) is 0 Å². The van der Waals surface area contributed by atoms with Crippen molar-refractivity contribution in [1.82, 2.24) is 0 Å². The van der Waals surface area contributed by atoms with E-state index < -0.39 is 16.8 Å². The summed E-state index contributed by atoms with van der Waals surface area (Å²) >= 11 is 0. The van der Waals surface area contributed by atoms with Crippen LogP contribution in [-0.4, -0.2) is 33.6 Å². The molecule has 1 saturated carbocycles. The van der Waals surface area contributed by atoms with Crippen molar-refractivity contribution in [2.45, 2.75) is 30.7 Å². The first-order valence-corrected chi connectivity index (χ1v) is 4.44. The monoisotopic (exact) mass is 192 g/mol. The molecule has 0 amide bonds. The maximum Gasteiger partial charge on any atom is 0.393 e. The van der Waals surface area contributed by atoms with Gasteiger partial charge in [-0.3, -0.25) is 0 Å². The highest BCUT2D eigenvalue weighted by molar-refractivity contribution is 6.40. The van der Waals surface area contributed by atoms with Crippen LogP contribution < -0.4 is 0 Å². The summed E-state index contributed by atoms with van der Waals surface area (Å²) < 4.78 is 37.9. The Kier molecular flexibility index (Phi) is 2.48. The number of aliphatic hydroxyl groups excluding tert-OH is 1. The van der Waals surface area contributed by atoms with E-state index in [0.717, 1.165) is 0 Å². The Morgan fingerprint density at radius 3 is 1.92 bits per heavy atom. The molecular weight excluding hydrogens is 179 g/mol. The van der Waals surface area contributed by atoms with E-state index >= 15 is 0 Å². The molecule has 0 aliphatic heterocycles. The van der Waals surface area contributed by atoms with E-state index in [9.17, 15) is 13.2 Å². The second-order valence-electron chi connectivity index (χ2n) is 4.44. The molecule has 1 nitrogen and oxygen atoms in total.